The lowest BCUT2D eigenvalue weighted by atomic mass is 9.83. The van der Waals surface area contributed by atoms with E-state index < -0.39 is 0 Å². The summed E-state index contributed by atoms with van der Waals surface area (Å²) >= 11 is 0. The molecule has 0 aromatic rings. The van der Waals surface area contributed by atoms with Gasteiger partial charge in [-0.15, -0.1) is 0 Å². The SMILES string of the molecule is CCCCCCCCCCCCCCCCCCOC1CC(COC)CC(OCCCCCCCCCCCCCCCCCC)C1OCCCCCCCCCCCCCCCCCC. The molecule has 4 heteroatoms. The molecule has 1 aliphatic rings. The Bertz CT molecular complexity index is 832. The number of hydrogen-bond acceptors (Lipinski definition) is 4. The molecule has 2 atom stereocenters. The summed E-state index contributed by atoms with van der Waals surface area (Å²) in [6.07, 6.45) is 69.6. The van der Waals surface area contributed by atoms with Gasteiger partial charge in [-0.05, 0) is 38.0 Å². The van der Waals surface area contributed by atoms with Crippen LogP contribution < -0.4 is 0 Å². The molecule has 4 nitrogen and oxygen atoms in total. The van der Waals surface area contributed by atoms with E-state index in [0.717, 1.165) is 45.7 Å². The number of ether oxygens (including phenoxy) is 4. The highest BCUT2D eigenvalue weighted by atomic mass is 16.6. The van der Waals surface area contributed by atoms with Crippen molar-refractivity contribution in [3.63, 3.8) is 0 Å². The van der Waals surface area contributed by atoms with Gasteiger partial charge in [-0.25, -0.2) is 0 Å². The monoisotopic (exact) mass is 933 g/mol. The molecule has 0 N–H and O–H groups in total. The van der Waals surface area contributed by atoms with E-state index in [-0.39, 0.29) is 18.3 Å². The van der Waals surface area contributed by atoms with Crippen LogP contribution in [0.3, 0.4) is 0 Å². The normalized spacial score (nSPS) is 17.6. The van der Waals surface area contributed by atoms with Gasteiger partial charge in [0, 0.05) is 33.5 Å². The lowest BCUT2D eigenvalue weighted by molar-refractivity contribution is -0.173. The average Bonchev–Trinajstić information content (AvgIpc) is 3.32. The zero-order valence-electron chi connectivity index (χ0n) is 46.1. The first kappa shape index (κ1) is 63.9. The predicted molar refractivity (Wildman–Crippen MR) is 292 cm³/mol. The van der Waals surface area contributed by atoms with Crippen LogP contribution in [0.25, 0.3) is 0 Å². The zero-order valence-corrected chi connectivity index (χ0v) is 46.1. The molecule has 0 saturated heterocycles. The van der Waals surface area contributed by atoms with Crippen LogP contribution >= 0.6 is 0 Å². The third kappa shape index (κ3) is 43.8. The maximum atomic E-state index is 6.83. The predicted octanol–water partition coefficient (Wildman–Crippen LogP) is 21.0. The average molecular weight is 934 g/mol. The summed E-state index contributed by atoms with van der Waals surface area (Å²) in [6.45, 7) is 10.3. The Morgan fingerprint density at radius 2 is 0.455 bits per heavy atom. The summed E-state index contributed by atoms with van der Waals surface area (Å²) in [7, 11) is 1.86. The summed E-state index contributed by atoms with van der Waals surface area (Å²) in [6, 6.07) is 0. The zero-order chi connectivity index (χ0) is 47.3. The summed E-state index contributed by atoms with van der Waals surface area (Å²) in [5.41, 5.74) is 0. The molecule has 1 aliphatic carbocycles. The molecule has 0 amide bonds. The molecule has 0 aromatic heterocycles. The largest absolute Gasteiger partial charge is 0.384 e. The van der Waals surface area contributed by atoms with Gasteiger partial charge in [0.2, 0.25) is 0 Å². The second-order valence-electron chi connectivity index (χ2n) is 21.9. The fourth-order valence-corrected chi connectivity index (χ4v) is 10.8. The van der Waals surface area contributed by atoms with Crippen LogP contribution in [-0.4, -0.2) is 51.8 Å². The fraction of sp³-hybridized carbons (Fsp3) is 1.00. The highest BCUT2D eigenvalue weighted by Crippen LogP contribution is 2.32. The van der Waals surface area contributed by atoms with E-state index in [2.05, 4.69) is 20.8 Å². The Balaban J connectivity index is 2.38. The van der Waals surface area contributed by atoms with Crippen LogP contribution in [0, 0.1) is 5.92 Å². The van der Waals surface area contributed by atoms with Gasteiger partial charge in [-0.2, -0.15) is 0 Å². The van der Waals surface area contributed by atoms with Crippen LogP contribution in [0.2, 0.25) is 0 Å². The van der Waals surface area contributed by atoms with Crippen molar-refractivity contribution in [2.75, 3.05) is 33.5 Å². The van der Waals surface area contributed by atoms with E-state index in [1.807, 2.05) is 7.11 Å². The molecule has 396 valence electrons. The van der Waals surface area contributed by atoms with Crippen molar-refractivity contribution in [3.8, 4) is 0 Å². The molecule has 2 unspecified atom stereocenters. The molecule has 0 aliphatic heterocycles. The van der Waals surface area contributed by atoms with Crippen LogP contribution in [0.1, 0.15) is 342 Å². The standard InChI is InChI=1S/C62H124O4/c1-5-8-11-14-17-20-23-26-29-32-35-38-41-44-47-50-53-64-60-56-59(58-63-4)57-61(65-54-51-48-45-42-39-36-33-30-27-24-21-18-15-12-9-6-2)62(60)66-55-52-49-46-43-40-37-34-31-28-25-22-19-16-13-10-7-3/h59-62H,5-58H2,1-4H3. The highest BCUT2D eigenvalue weighted by Gasteiger charge is 2.40. The minimum Gasteiger partial charge on any atom is -0.384 e. The smallest absolute Gasteiger partial charge is 0.110 e. The molecule has 0 bridgehead atoms. The molecular formula is C62H124O4. The van der Waals surface area contributed by atoms with Crippen molar-refractivity contribution in [2.45, 2.75) is 360 Å². The first-order valence-corrected chi connectivity index (χ1v) is 31.1. The fourth-order valence-electron chi connectivity index (χ4n) is 10.8. The number of hydrogen-bond donors (Lipinski definition) is 0. The summed E-state index contributed by atoms with van der Waals surface area (Å²) < 4.78 is 26.1. The van der Waals surface area contributed by atoms with Crippen molar-refractivity contribution in [3.05, 3.63) is 0 Å². The topological polar surface area (TPSA) is 36.9 Å². The van der Waals surface area contributed by atoms with Crippen molar-refractivity contribution in [1.29, 1.82) is 0 Å². The molecular weight excluding hydrogens is 809 g/mol. The van der Waals surface area contributed by atoms with E-state index in [1.165, 1.54) is 302 Å². The second kappa shape index (κ2) is 54.2. The summed E-state index contributed by atoms with van der Waals surface area (Å²) in [4.78, 5) is 0. The van der Waals surface area contributed by atoms with Gasteiger partial charge in [0.1, 0.15) is 6.10 Å². The molecule has 66 heavy (non-hydrogen) atoms. The first-order chi connectivity index (χ1) is 32.8. The van der Waals surface area contributed by atoms with Gasteiger partial charge in [0.05, 0.1) is 12.2 Å². The van der Waals surface area contributed by atoms with Crippen LogP contribution in [0.5, 0.6) is 0 Å². The Morgan fingerprint density at radius 1 is 0.258 bits per heavy atom. The van der Waals surface area contributed by atoms with E-state index in [1.54, 1.807) is 0 Å². The summed E-state index contributed by atoms with van der Waals surface area (Å²) in [5.74, 6) is 0.483. The van der Waals surface area contributed by atoms with E-state index >= 15 is 0 Å². The van der Waals surface area contributed by atoms with Crippen molar-refractivity contribution in [2.24, 2.45) is 5.92 Å². The second-order valence-corrected chi connectivity index (χ2v) is 21.9. The van der Waals surface area contributed by atoms with Gasteiger partial charge in [-0.1, -0.05) is 310 Å². The van der Waals surface area contributed by atoms with Crippen LogP contribution in [-0.2, 0) is 18.9 Å². The van der Waals surface area contributed by atoms with Gasteiger partial charge in [0.15, 0.2) is 0 Å². The molecule has 0 heterocycles. The Morgan fingerprint density at radius 3 is 0.667 bits per heavy atom. The molecule has 1 fully saturated rings. The van der Waals surface area contributed by atoms with Crippen molar-refractivity contribution >= 4 is 0 Å². The van der Waals surface area contributed by atoms with E-state index in [4.69, 9.17) is 18.9 Å². The van der Waals surface area contributed by atoms with Crippen molar-refractivity contribution in [1.82, 2.24) is 0 Å². The van der Waals surface area contributed by atoms with Crippen LogP contribution in [0.4, 0.5) is 0 Å². The minimum absolute atomic E-state index is 0.0524. The van der Waals surface area contributed by atoms with E-state index in [0.29, 0.717) is 5.92 Å². The number of rotatable bonds is 56. The number of unbranched alkanes of at least 4 members (excludes halogenated alkanes) is 45. The quantitative estimate of drug-likeness (QED) is 0.0570. The third-order valence-corrected chi connectivity index (χ3v) is 15.2. The maximum absolute atomic E-state index is 6.83. The van der Waals surface area contributed by atoms with Gasteiger partial charge in [-0.3, -0.25) is 0 Å². The van der Waals surface area contributed by atoms with Crippen molar-refractivity contribution < 1.29 is 18.9 Å². The van der Waals surface area contributed by atoms with E-state index in [9.17, 15) is 0 Å². The van der Waals surface area contributed by atoms with Gasteiger partial charge < -0.3 is 18.9 Å². The molecule has 0 radical (unpaired) electrons. The first-order valence-electron chi connectivity index (χ1n) is 31.1. The molecule has 0 spiro atoms. The molecule has 1 saturated carbocycles. The molecule has 0 aromatic carbocycles. The maximum Gasteiger partial charge on any atom is 0.110 e. The summed E-state index contributed by atoms with van der Waals surface area (Å²) in [5, 5.41) is 0. The Labute approximate surface area is 416 Å². The van der Waals surface area contributed by atoms with Gasteiger partial charge >= 0.3 is 0 Å². The Kier molecular flexibility index (Phi) is 52.4. The van der Waals surface area contributed by atoms with Gasteiger partial charge in [0.25, 0.3) is 0 Å². The lowest BCUT2D eigenvalue weighted by Crippen LogP contribution is -2.49. The lowest BCUT2D eigenvalue weighted by Gasteiger charge is -2.41. The number of methoxy groups -OCH3 is 1. The molecule has 1 rings (SSSR count). The van der Waals surface area contributed by atoms with Crippen LogP contribution in [0.15, 0.2) is 0 Å². The third-order valence-electron chi connectivity index (χ3n) is 15.2. The minimum atomic E-state index is 0.0524. The highest BCUT2D eigenvalue weighted by molar-refractivity contribution is 4.90. The Hall–Kier alpha value is -0.160.